The molecule has 122 valence electrons. The highest BCUT2D eigenvalue weighted by molar-refractivity contribution is 5.99. The Balaban J connectivity index is 1.53. The third-order valence-corrected chi connectivity index (χ3v) is 5.95. The third kappa shape index (κ3) is 2.34. The smallest absolute Gasteiger partial charge is 0.253 e. The zero-order chi connectivity index (χ0) is 16.1. The molecule has 1 aliphatic heterocycles. The molecule has 0 aromatic heterocycles. The van der Waals surface area contributed by atoms with Crippen LogP contribution in [0, 0.1) is 17.8 Å². The largest absolute Gasteiger partial charge is 0.341 e. The topological polar surface area (TPSA) is 75.4 Å². The van der Waals surface area contributed by atoms with Gasteiger partial charge in [-0.1, -0.05) is 6.07 Å². The number of hydrogen-bond donors (Lipinski definition) is 2. The number of nitrogens with two attached hydrogens (primary N) is 1. The number of hydrogen-bond acceptors (Lipinski definition) is 3. The van der Waals surface area contributed by atoms with Gasteiger partial charge >= 0.3 is 0 Å². The van der Waals surface area contributed by atoms with Crippen molar-refractivity contribution in [1.82, 2.24) is 4.90 Å². The number of fused-ring (bicyclic) bond motifs is 3. The number of likely N-dealkylation sites (N-methyl/N-ethyl adjacent to an activating group) is 1. The average Bonchev–Trinajstić information content (AvgIpc) is 3.12. The van der Waals surface area contributed by atoms with Crippen LogP contribution >= 0.6 is 0 Å². The summed E-state index contributed by atoms with van der Waals surface area (Å²) in [5.41, 5.74) is 8.71. The van der Waals surface area contributed by atoms with Gasteiger partial charge in [-0.3, -0.25) is 9.59 Å². The number of carbonyl (C=O) groups is 2. The van der Waals surface area contributed by atoms with E-state index < -0.39 is 0 Å². The van der Waals surface area contributed by atoms with E-state index in [1.807, 2.05) is 25.2 Å². The lowest BCUT2D eigenvalue weighted by Crippen LogP contribution is -2.42. The first-order valence-electron chi connectivity index (χ1n) is 8.49. The first-order chi connectivity index (χ1) is 11.0. The molecule has 1 heterocycles. The fourth-order valence-corrected chi connectivity index (χ4v) is 4.62. The molecule has 5 heteroatoms. The van der Waals surface area contributed by atoms with E-state index in [2.05, 4.69) is 5.32 Å². The SMILES string of the molecule is CN1CCc2ccc(NC(=O)C3C4CCC(C4)C3N)cc2C1=O. The minimum Gasteiger partial charge on any atom is -0.341 e. The van der Waals surface area contributed by atoms with Gasteiger partial charge in [0.15, 0.2) is 0 Å². The van der Waals surface area contributed by atoms with E-state index in [0.717, 1.165) is 37.8 Å². The summed E-state index contributed by atoms with van der Waals surface area (Å²) >= 11 is 0. The van der Waals surface area contributed by atoms with Gasteiger partial charge in [-0.2, -0.15) is 0 Å². The monoisotopic (exact) mass is 313 g/mol. The zero-order valence-corrected chi connectivity index (χ0v) is 13.4. The standard InChI is InChI=1S/C18H23N3O2/c1-21-7-6-10-4-5-13(9-14(10)18(21)23)20-17(22)15-11-2-3-12(8-11)16(15)19/h4-5,9,11-12,15-16H,2-3,6-8,19H2,1H3,(H,20,22). The number of carbonyl (C=O) groups excluding carboxylic acids is 2. The predicted octanol–water partition coefficient (Wildman–Crippen LogP) is 1.63. The Morgan fingerprint density at radius 3 is 2.83 bits per heavy atom. The maximum absolute atomic E-state index is 12.6. The number of amides is 2. The number of rotatable bonds is 2. The van der Waals surface area contributed by atoms with Crippen LogP contribution < -0.4 is 11.1 Å². The van der Waals surface area contributed by atoms with Crippen molar-refractivity contribution in [1.29, 1.82) is 0 Å². The lowest BCUT2D eigenvalue weighted by atomic mass is 9.84. The summed E-state index contributed by atoms with van der Waals surface area (Å²) in [6, 6.07) is 5.65. The third-order valence-electron chi connectivity index (χ3n) is 5.95. The van der Waals surface area contributed by atoms with Crippen molar-refractivity contribution in [3.8, 4) is 0 Å². The fraction of sp³-hybridized carbons (Fsp3) is 0.556. The fourth-order valence-electron chi connectivity index (χ4n) is 4.62. The van der Waals surface area contributed by atoms with Crippen LogP contribution in [0.5, 0.6) is 0 Å². The number of benzene rings is 1. The van der Waals surface area contributed by atoms with Crippen LogP contribution in [0.15, 0.2) is 18.2 Å². The lowest BCUT2D eigenvalue weighted by Gasteiger charge is -2.28. The highest BCUT2D eigenvalue weighted by Gasteiger charge is 2.49. The van der Waals surface area contributed by atoms with Gasteiger partial charge in [0.25, 0.3) is 5.91 Å². The van der Waals surface area contributed by atoms with E-state index in [0.29, 0.717) is 23.1 Å². The maximum atomic E-state index is 12.6. The van der Waals surface area contributed by atoms with E-state index in [-0.39, 0.29) is 23.8 Å². The van der Waals surface area contributed by atoms with Crippen LogP contribution in [0.3, 0.4) is 0 Å². The molecule has 2 amide bonds. The number of nitrogens with zero attached hydrogens (tertiary/aromatic N) is 1. The molecule has 4 atom stereocenters. The summed E-state index contributed by atoms with van der Waals surface area (Å²) in [6.07, 6.45) is 4.23. The Kier molecular flexibility index (Phi) is 3.41. The highest BCUT2D eigenvalue weighted by Crippen LogP contribution is 2.47. The van der Waals surface area contributed by atoms with Crippen LogP contribution in [0.2, 0.25) is 0 Å². The van der Waals surface area contributed by atoms with Gasteiger partial charge in [0.05, 0.1) is 5.92 Å². The van der Waals surface area contributed by atoms with Crippen molar-refractivity contribution in [2.24, 2.45) is 23.5 Å². The van der Waals surface area contributed by atoms with Crippen molar-refractivity contribution in [3.05, 3.63) is 29.3 Å². The van der Waals surface area contributed by atoms with Crippen molar-refractivity contribution in [2.45, 2.75) is 31.7 Å². The molecule has 2 fully saturated rings. The van der Waals surface area contributed by atoms with Crippen molar-refractivity contribution in [3.63, 3.8) is 0 Å². The van der Waals surface area contributed by atoms with Crippen LogP contribution in [0.4, 0.5) is 5.69 Å². The quantitative estimate of drug-likeness (QED) is 0.871. The molecule has 23 heavy (non-hydrogen) atoms. The molecule has 2 saturated carbocycles. The first-order valence-corrected chi connectivity index (χ1v) is 8.49. The van der Waals surface area contributed by atoms with Crippen LogP contribution in [-0.4, -0.2) is 36.3 Å². The van der Waals surface area contributed by atoms with Crippen LogP contribution in [-0.2, 0) is 11.2 Å². The van der Waals surface area contributed by atoms with Crippen LogP contribution in [0.25, 0.3) is 0 Å². The summed E-state index contributed by atoms with van der Waals surface area (Å²) in [6.45, 7) is 0.748. The summed E-state index contributed by atoms with van der Waals surface area (Å²) < 4.78 is 0. The molecule has 4 rings (SSSR count). The van der Waals surface area contributed by atoms with E-state index in [9.17, 15) is 9.59 Å². The normalized spacial score (nSPS) is 32.1. The van der Waals surface area contributed by atoms with Crippen molar-refractivity contribution in [2.75, 3.05) is 18.9 Å². The zero-order valence-electron chi connectivity index (χ0n) is 13.4. The van der Waals surface area contributed by atoms with Crippen molar-refractivity contribution < 1.29 is 9.59 Å². The molecule has 0 spiro atoms. The Morgan fingerprint density at radius 2 is 2.09 bits per heavy atom. The van der Waals surface area contributed by atoms with Gasteiger partial charge in [0.1, 0.15) is 0 Å². The molecule has 0 saturated heterocycles. The highest BCUT2D eigenvalue weighted by atomic mass is 16.2. The average molecular weight is 313 g/mol. The van der Waals surface area contributed by atoms with Crippen molar-refractivity contribution >= 4 is 17.5 Å². The van der Waals surface area contributed by atoms with E-state index >= 15 is 0 Å². The Bertz CT molecular complexity index is 670. The lowest BCUT2D eigenvalue weighted by molar-refractivity contribution is -0.121. The Morgan fingerprint density at radius 1 is 1.30 bits per heavy atom. The molecule has 3 aliphatic rings. The second kappa shape index (κ2) is 5.34. The summed E-state index contributed by atoms with van der Waals surface area (Å²) in [7, 11) is 1.81. The minimum absolute atomic E-state index is 0.0147. The van der Waals surface area contributed by atoms with E-state index in [1.165, 1.54) is 0 Å². The minimum atomic E-state index is -0.0804. The van der Waals surface area contributed by atoms with Gasteiger partial charge in [0.2, 0.25) is 5.91 Å². The first kappa shape index (κ1) is 14.7. The van der Waals surface area contributed by atoms with Gasteiger partial charge in [-0.05, 0) is 55.2 Å². The summed E-state index contributed by atoms with van der Waals surface area (Å²) in [4.78, 5) is 26.6. The molecule has 2 aliphatic carbocycles. The Labute approximate surface area is 136 Å². The van der Waals surface area contributed by atoms with Crippen LogP contribution in [0.1, 0.15) is 35.2 Å². The molecule has 3 N–H and O–H groups in total. The molecule has 5 nitrogen and oxygen atoms in total. The number of nitrogens with one attached hydrogen (secondary N) is 1. The second-order valence-corrected chi connectivity index (χ2v) is 7.27. The van der Waals surface area contributed by atoms with E-state index in [1.54, 1.807) is 4.90 Å². The molecule has 0 radical (unpaired) electrons. The molecular weight excluding hydrogens is 290 g/mol. The van der Waals surface area contributed by atoms with Gasteiger partial charge in [-0.25, -0.2) is 0 Å². The Hall–Kier alpha value is -1.88. The maximum Gasteiger partial charge on any atom is 0.253 e. The second-order valence-electron chi connectivity index (χ2n) is 7.27. The summed E-state index contributed by atoms with van der Waals surface area (Å²) in [5.74, 6) is 0.901. The molecular formula is C18H23N3O2. The number of anilines is 1. The molecule has 1 aromatic carbocycles. The predicted molar refractivity (Wildman–Crippen MR) is 88.0 cm³/mol. The summed E-state index contributed by atoms with van der Waals surface area (Å²) in [5, 5.41) is 2.99. The van der Waals surface area contributed by atoms with E-state index in [4.69, 9.17) is 5.73 Å². The molecule has 4 unspecified atom stereocenters. The van der Waals surface area contributed by atoms with Gasteiger partial charge in [-0.15, -0.1) is 0 Å². The molecule has 1 aromatic rings. The van der Waals surface area contributed by atoms with Gasteiger partial charge in [0, 0.05) is 30.9 Å². The van der Waals surface area contributed by atoms with Gasteiger partial charge < -0.3 is 16.0 Å². The molecule has 2 bridgehead atoms.